The first-order valence-electron chi connectivity index (χ1n) is 4.38. The zero-order valence-electron chi connectivity index (χ0n) is 7.25. The van der Waals surface area contributed by atoms with Crippen LogP contribution in [0.3, 0.4) is 0 Å². The van der Waals surface area contributed by atoms with Crippen molar-refractivity contribution in [1.29, 1.82) is 0 Å². The second kappa shape index (κ2) is 3.03. The molecule has 12 heavy (non-hydrogen) atoms. The predicted octanol–water partition coefficient (Wildman–Crippen LogP) is -0.794. The summed E-state index contributed by atoms with van der Waals surface area (Å²) in [5.74, 6) is -0.0515. The molecule has 1 atom stereocenters. The van der Waals surface area contributed by atoms with Crippen molar-refractivity contribution in [2.24, 2.45) is 0 Å². The van der Waals surface area contributed by atoms with E-state index in [1.807, 2.05) is 7.05 Å². The SMILES string of the molecule is CN(C1CNC1)C1CCOC1=O. The minimum absolute atomic E-state index is 0.0112. The van der Waals surface area contributed by atoms with Gasteiger partial charge in [0.15, 0.2) is 0 Å². The third kappa shape index (κ3) is 1.21. The Kier molecular flexibility index (Phi) is 2.02. The number of esters is 1. The van der Waals surface area contributed by atoms with Crippen molar-refractivity contribution in [3.05, 3.63) is 0 Å². The highest BCUT2D eigenvalue weighted by Gasteiger charge is 2.35. The molecule has 1 unspecified atom stereocenters. The van der Waals surface area contributed by atoms with Crippen molar-refractivity contribution >= 4 is 5.97 Å². The van der Waals surface area contributed by atoms with Gasteiger partial charge in [-0.2, -0.15) is 0 Å². The van der Waals surface area contributed by atoms with E-state index in [-0.39, 0.29) is 12.0 Å². The lowest BCUT2D eigenvalue weighted by molar-refractivity contribution is -0.142. The van der Waals surface area contributed by atoms with Crippen LogP contribution in [0.1, 0.15) is 6.42 Å². The second-order valence-corrected chi connectivity index (χ2v) is 3.45. The quantitative estimate of drug-likeness (QED) is 0.551. The number of nitrogens with one attached hydrogen (secondary N) is 1. The average Bonchev–Trinajstić information content (AvgIpc) is 2.31. The van der Waals surface area contributed by atoms with Gasteiger partial charge in [0.05, 0.1) is 6.61 Å². The predicted molar refractivity (Wildman–Crippen MR) is 43.8 cm³/mol. The molecule has 2 rings (SSSR count). The van der Waals surface area contributed by atoms with Crippen LogP contribution in [-0.4, -0.2) is 49.7 Å². The van der Waals surface area contributed by atoms with Gasteiger partial charge in [0.2, 0.25) is 0 Å². The number of carbonyl (C=O) groups is 1. The monoisotopic (exact) mass is 170 g/mol. The summed E-state index contributed by atoms with van der Waals surface area (Å²) < 4.78 is 4.90. The number of hydrogen-bond donors (Lipinski definition) is 1. The molecule has 0 spiro atoms. The molecule has 4 heteroatoms. The molecule has 0 bridgehead atoms. The van der Waals surface area contributed by atoms with Crippen LogP contribution >= 0.6 is 0 Å². The molecule has 0 radical (unpaired) electrons. The summed E-state index contributed by atoms with van der Waals surface area (Å²) in [6, 6.07) is 0.540. The lowest BCUT2D eigenvalue weighted by atomic mass is 10.1. The first kappa shape index (κ1) is 8.01. The molecule has 2 saturated heterocycles. The zero-order valence-corrected chi connectivity index (χ0v) is 7.25. The zero-order chi connectivity index (χ0) is 8.55. The molecule has 4 nitrogen and oxygen atoms in total. The highest BCUT2D eigenvalue weighted by Crippen LogP contribution is 2.16. The fraction of sp³-hybridized carbons (Fsp3) is 0.875. The van der Waals surface area contributed by atoms with Crippen molar-refractivity contribution in [3.63, 3.8) is 0 Å². The van der Waals surface area contributed by atoms with Crippen LogP contribution < -0.4 is 5.32 Å². The van der Waals surface area contributed by atoms with Gasteiger partial charge in [-0.25, -0.2) is 0 Å². The van der Waals surface area contributed by atoms with E-state index in [4.69, 9.17) is 4.74 Å². The van der Waals surface area contributed by atoms with E-state index in [0.29, 0.717) is 12.6 Å². The lowest BCUT2D eigenvalue weighted by Crippen LogP contribution is -2.59. The van der Waals surface area contributed by atoms with Crippen LogP contribution in [0.15, 0.2) is 0 Å². The lowest BCUT2D eigenvalue weighted by Gasteiger charge is -2.37. The minimum Gasteiger partial charge on any atom is -0.464 e. The Hall–Kier alpha value is -0.610. The molecule has 1 N–H and O–H groups in total. The Labute approximate surface area is 71.9 Å². The van der Waals surface area contributed by atoms with Gasteiger partial charge in [0, 0.05) is 25.6 Å². The molecule has 0 saturated carbocycles. The Morgan fingerprint density at radius 2 is 2.33 bits per heavy atom. The summed E-state index contributed by atoms with van der Waals surface area (Å²) in [5, 5.41) is 3.19. The van der Waals surface area contributed by atoms with Crippen molar-refractivity contribution in [1.82, 2.24) is 10.2 Å². The molecule has 68 valence electrons. The molecule has 0 aromatic heterocycles. The molecule has 2 heterocycles. The number of likely N-dealkylation sites (N-methyl/N-ethyl adjacent to an activating group) is 1. The summed E-state index contributed by atoms with van der Waals surface area (Å²) in [7, 11) is 2.00. The van der Waals surface area contributed by atoms with E-state index < -0.39 is 0 Å². The van der Waals surface area contributed by atoms with Crippen LogP contribution in [0.4, 0.5) is 0 Å². The van der Waals surface area contributed by atoms with Gasteiger partial charge in [0.1, 0.15) is 6.04 Å². The first-order chi connectivity index (χ1) is 5.79. The van der Waals surface area contributed by atoms with Crippen molar-refractivity contribution in [2.45, 2.75) is 18.5 Å². The first-order valence-corrected chi connectivity index (χ1v) is 4.38. The van der Waals surface area contributed by atoms with Gasteiger partial charge in [-0.1, -0.05) is 0 Å². The fourth-order valence-corrected chi connectivity index (χ4v) is 1.67. The molecule has 0 amide bonds. The molecule has 0 aromatic rings. The van der Waals surface area contributed by atoms with Gasteiger partial charge in [-0.05, 0) is 7.05 Å². The van der Waals surface area contributed by atoms with Crippen LogP contribution in [0.5, 0.6) is 0 Å². The molecule has 0 aliphatic carbocycles. The summed E-state index contributed by atoms with van der Waals surface area (Å²) in [6.45, 7) is 2.59. The standard InChI is InChI=1S/C8H14N2O2/c1-10(6-4-9-5-6)7-2-3-12-8(7)11/h6-7,9H,2-5H2,1H3. The smallest absolute Gasteiger partial charge is 0.323 e. The maximum Gasteiger partial charge on any atom is 0.323 e. The van der Waals surface area contributed by atoms with Crippen LogP contribution in [0, 0.1) is 0 Å². The summed E-state index contributed by atoms with van der Waals surface area (Å²) in [4.78, 5) is 13.3. The van der Waals surface area contributed by atoms with E-state index in [1.54, 1.807) is 0 Å². The average molecular weight is 170 g/mol. The van der Waals surface area contributed by atoms with E-state index in [0.717, 1.165) is 19.5 Å². The van der Waals surface area contributed by atoms with Gasteiger partial charge < -0.3 is 10.1 Å². The highest BCUT2D eigenvalue weighted by atomic mass is 16.5. The number of hydrogen-bond acceptors (Lipinski definition) is 4. The summed E-state index contributed by atoms with van der Waals surface area (Å²) in [5.41, 5.74) is 0. The fourth-order valence-electron chi connectivity index (χ4n) is 1.67. The molecule has 2 fully saturated rings. The van der Waals surface area contributed by atoms with E-state index in [9.17, 15) is 4.79 Å². The highest BCUT2D eigenvalue weighted by molar-refractivity contribution is 5.77. The number of rotatable bonds is 2. The Morgan fingerprint density at radius 3 is 2.75 bits per heavy atom. The third-order valence-electron chi connectivity index (χ3n) is 2.74. The van der Waals surface area contributed by atoms with Gasteiger partial charge in [-0.3, -0.25) is 9.69 Å². The number of ether oxygens (including phenoxy) is 1. The largest absolute Gasteiger partial charge is 0.464 e. The van der Waals surface area contributed by atoms with Crippen LogP contribution in [0.2, 0.25) is 0 Å². The van der Waals surface area contributed by atoms with E-state index >= 15 is 0 Å². The Bertz CT molecular complexity index is 191. The molecule has 2 aliphatic rings. The van der Waals surface area contributed by atoms with Gasteiger partial charge in [0.25, 0.3) is 0 Å². The molecule has 0 aromatic carbocycles. The van der Waals surface area contributed by atoms with Crippen molar-refractivity contribution < 1.29 is 9.53 Å². The van der Waals surface area contributed by atoms with Crippen LogP contribution in [0.25, 0.3) is 0 Å². The topological polar surface area (TPSA) is 41.6 Å². The number of cyclic esters (lactones) is 1. The van der Waals surface area contributed by atoms with Crippen LogP contribution in [-0.2, 0) is 9.53 Å². The molecular formula is C8H14N2O2. The van der Waals surface area contributed by atoms with Gasteiger partial charge in [-0.15, -0.1) is 0 Å². The van der Waals surface area contributed by atoms with Crippen molar-refractivity contribution in [2.75, 3.05) is 26.7 Å². The maximum atomic E-state index is 11.2. The van der Waals surface area contributed by atoms with E-state index in [2.05, 4.69) is 10.2 Å². The van der Waals surface area contributed by atoms with Crippen molar-refractivity contribution in [3.8, 4) is 0 Å². The van der Waals surface area contributed by atoms with Gasteiger partial charge >= 0.3 is 5.97 Å². The second-order valence-electron chi connectivity index (χ2n) is 3.45. The minimum atomic E-state index is -0.0515. The third-order valence-corrected chi connectivity index (χ3v) is 2.74. The molecule has 2 aliphatic heterocycles. The Balaban J connectivity index is 1.93. The molecular weight excluding hydrogens is 156 g/mol. The number of carbonyl (C=O) groups excluding carboxylic acids is 1. The summed E-state index contributed by atoms with van der Waals surface area (Å²) in [6.07, 6.45) is 0.853. The summed E-state index contributed by atoms with van der Waals surface area (Å²) >= 11 is 0. The maximum absolute atomic E-state index is 11.2. The Morgan fingerprint density at radius 1 is 1.58 bits per heavy atom. The number of nitrogens with zero attached hydrogens (tertiary/aromatic N) is 1. The van der Waals surface area contributed by atoms with E-state index in [1.165, 1.54) is 0 Å². The normalized spacial score (nSPS) is 30.5.